The normalized spacial score (nSPS) is 13.7. The van der Waals surface area contributed by atoms with Crippen LogP contribution in [0.25, 0.3) is 0 Å². The molecule has 1 aliphatic heterocycles. The van der Waals surface area contributed by atoms with Gasteiger partial charge in [-0.25, -0.2) is 8.42 Å². The molecular formula is C21H18Cl2N2O3S2. The molecule has 1 amide bonds. The number of amides is 1. The summed E-state index contributed by atoms with van der Waals surface area (Å²) in [4.78, 5) is 13.6. The van der Waals surface area contributed by atoms with Crippen molar-refractivity contribution in [3.63, 3.8) is 0 Å². The van der Waals surface area contributed by atoms with E-state index in [9.17, 15) is 13.2 Å². The SMILES string of the molecule is O=C(NCc1ccc(Cl)s1)c1cc(S(=O)(=O)N2CCCc3ccccc32)ccc1Cl. The number of hydrogen-bond donors (Lipinski definition) is 1. The Morgan fingerprint density at radius 1 is 1.10 bits per heavy atom. The monoisotopic (exact) mass is 480 g/mol. The van der Waals surface area contributed by atoms with Crippen molar-refractivity contribution in [1.29, 1.82) is 0 Å². The number of benzene rings is 2. The minimum absolute atomic E-state index is 0.0351. The van der Waals surface area contributed by atoms with E-state index >= 15 is 0 Å². The maximum atomic E-state index is 13.4. The van der Waals surface area contributed by atoms with Gasteiger partial charge >= 0.3 is 0 Å². The summed E-state index contributed by atoms with van der Waals surface area (Å²) >= 11 is 13.5. The molecule has 156 valence electrons. The minimum Gasteiger partial charge on any atom is -0.347 e. The molecule has 0 unspecified atom stereocenters. The molecule has 2 aromatic carbocycles. The van der Waals surface area contributed by atoms with Crippen molar-refractivity contribution in [1.82, 2.24) is 5.32 Å². The van der Waals surface area contributed by atoms with Gasteiger partial charge < -0.3 is 5.32 Å². The zero-order valence-electron chi connectivity index (χ0n) is 15.8. The highest BCUT2D eigenvalue weighted by atomic mass is 35.5. The lowest BCUT2D eigenvalue weighted by atomic mass is 10.0. The van der Waals surface area contributed by atoms with Gasteiger partial charge in [0, 0.05) is 11.4 Å². The van der Waals surface area contributed by atoms with Gasteiger partial charge in [-0.2, -0.15) is 0 Å². The molecule has 30 heavy (non-hydrogen) atoms. The molecule has 2 heterocycles. The van der Waals surface area contributed by atoms with Crippen molar-refractivity contribution in [3.8, 4) is 0 Å². The Kier molecular flexibility index (Phi) is 6.06. The van der Waals surface area contributed by atoms with E-state index in [0.29, 0.717) is 16.6 Å². The van der Waals surface area contributed by atoms with Crippen LogP contribution in [0.15, 0.2) is 59.5 Å². The minimum atomic E-state index is -3.83. The Bertz CT molecular complexity index is 1210. The lowest BCUT2D eigenvalue weighted by Gasteiger charge is -2.30. The van der Waals surface area contributed by atoms with Gasteiger partial charge in [0.15, 0.2) is 0 Å². The number of anilines is 1. The Labute approximate surface area is 189 Å². The number of aryl methyl sites for hydroxylation is 1. The first-order valence-corrected chi connectivity index (χ1v) is 12.3. The number of nitrogens with one attached hydrogen (secondary N) is 1. The van der Waals surface area contributed by atoms with Crippen LogP contribution in [0.3, 0.4) is 0 Å². The molecule has 5 nitrogen and oxygen atoms in total. The molecular weight excluding hydrogens is 463 g/mol. The zero-order chi connectivity index (χ0) is 21.3. The molecule has 1 N–H and O–H groups in total. The smallest absolute Gasteiger partial charge is 0.264 e. The van der Waals surface area contributed by atoms with Crippen LogP contribution in [0.5, 0.6) is 0 Å². The summed E-state index contributed by atoms with van der Waals surface area (Å²) in [5.74, 6) is -0.444. The van der Waals surface area contributed by atoms with E-state index < -0.39 is 15.9 Å². The fourth-order valence-electron chi connectivity index (χ4n) is 3.42. The fourth-order valence-corrected chi connectivity index (χ4v) is 6.22. The number of thiophene rings is 1. The number of nitrogens with zero attached hydrogens (tertiary/aromatic N) is 1. The molecule has 3 aromatic rings. The van der Waals surface area contributed by atoms with Crippen molar-refractivity contribution >= 4 is 56.2 Å². The Hall–Kier alpha value is -2.06. The quantitative estimate of drug-likeness (QED) is 0.550. The molecule has 9 heteroatoms. The van der Waals surface area contributed by atoms with Crippen LogP contribution in [0, 0.1) is 0 Å². The number of rotatable bonds is 5. The molecule has 0 fully saturated rings. The summed E-state index contributed by atoms with van der Waals surface area (Å²) in [5.41, 5.74) is 1.79. The van der Waals surface area contributed by atoms with Gasteiger partial charge in [0.05, 0.1) is 32.1 Å². The van der Waals surface area contributed by atoms with Gasteiger partial charge in [0.25, 0.3) is 15.9 Å². The average Bonchev–Trinajstić information content (AvgIpc) is 3.17. The van der Waals surface area contributed by atoms with Crippen molar-refractivity contribution in [2.45, 2.75) is 24.3 Å². The van der Waals surface area contributed by atoms with E-state index in [1.807, 2.05) is 30.3 Å². The van der Waals surface area contributed by atoms with Crippen molar-refractivity contribution < 1.29 is 13.2 Å². The number of halogens is 2. The highest BCUT2D eigenvalue weighted by molar-refractivity contribution is 7.92. The summed E-state index contributed by atoms with van der Waals surface area (Å²) in [6.45, 7) is 0.672. The first kappa shape index (κ1) is 21.2. The molecule has 0 bridgehead atoms. The lowest BCUT2D eigenvalue weighted by molar-refractivity contribution is 0.0951. The predicted octanol–water partition coefficient (Wildman–Crippen LogP) is 5.13. The highest BCUT2D eigenvalue weighted by Gasteiger charge is 2.29. The van der Waals surface area contributed by atoms with Gasteiger partial charge in [-0.05, 0) is 54.8 Å². The molecule has 0 spiro atoms. The second kappa shape index (κ2) is 8.59. The summed E-state index contributed by atoms with van der Waals surface area (Å²) in [6, 6.07) is 15.3. The number of sulfonamides is 1. The molecule has 0 radical (unpaired) electrons. The van der Waals surface area contributed by atoms with Crippen LogP contribution < -0.4 is 9.62 Å². The van der Waals surface area contributed by atoms with E-state index in [4.69, 9.17) is 23.2 Å². The molecule has 0 saturated carbocycles. The Morgan fingerprint density at radius 3 is 2.67 bits per heavy atom. The molecule has 0 atom stereocenters. The van der Waals surface area contributed by atoms with E-state index in [1.165, 1.54) is 33.8 Å². The largest absolute Gasteiger partial charge is 0.347 e. The second-order valence-corrected chi connectivity index (χ2v) is 10.9. The number of para-hydroxylation sites is 1. The second-order valence-electron chi connectivity index (χ2n) is 6.84. The van der Waals surface area contributed by atoms with E-state index in [1.54, 1.807) is 6.07 Å². The molecule has 1 aromatic heterocycles. The Balaban J connectivity index is 1.62. The van der Waals surface area contributed by atoms with Crippen molar-refractivity contribution in [3.05, 3.63) is 80.0 Å². The summed E-state index contributed by atoms with van der Waals surface area (Å²) in [7, 11) is -3.83. The van der Waals surface area contributed by atoms with E-state index in [2.05, 4.69) is 5.32 Å². The number of carbonyl (C=O) groups excluding carboxylic acids is 1. The maximum absolute atomic E-state index is 13.4. The number of carbonyl (C=O) groups is 1. The van der Waals surface area contributed by atoms with Crippen LogP contribution in [-0.4, -0.2) is 20.9 Å². The van der Waals surface area contributed by atoms with Crippen molar-refractivity contribution in [2.24, 2.45) is 0 Å². The first-order valence-electron chi connectivity index (χ1n) is 9.29. The van der Waals surface area contributed by atoms with Gasteiger partial charge in [-0.1, -0.05) is 41.4 Å². The van der Waals surface area contributed by atoms with Crippen LogP contribution in [-0.2, 0) is 23.0 Å². The third kappa shape index (κ3) is 4.21. The third-order valence-corrected chi connectivity index (χ3v) is 8.26. The van der Waals surface area contributed by atoms with Crippen molar-refractivity contribution in [2.75, 3.05) is 10.8 Å². The predicted molar refractivity (Wildman–Crippen MR) is 121 cm³/mol. The van der Waals surface area contributed by atoms with Gasteiger partial charge in [-0.15, -0.1) is 11.3 Å². The number of fused-ring (bicyclic) bond motifs is 1. The Morgan fingerprint density at radius 2 is 1.90 bits per heavy atom. The zero-order valence-corrected chi connectivity index (χ0v) is 18.9. The molecule has 1 aliphatic rings. The van der Waals surface area contributed by atoms with Gasteiger partial charge in [-0.3, -0.25) is 9.10 Å². The first-order chi connectivity index (χ1) is 14.4. The lowest BCUT2D eigenvalue weighted by Crippen LogP contribution is -2.35. The van der Waals surface area contributed by atoms with E-state index in [-0.39, 0.29) is 22.0 Å². The van der Waals surface area contributed by atoms with Crippen LogP contribution in [0.4, 0.5) is 5.69 Å². The standard InChI is InChI=1S/C21H18Cl2N2O3S2/c22-18-9-8-16(12-17(18)21(26)24-13-15-7-10-20(23)29-15)30(27,28)25-11-3-5-14-4-1-2-6-19(14)25/h1-2,4,6-10,12H,3,5,11,13H2,(H,24,26). The molecule has 0 saturated heterocycles. The van der Waals surface area contributed by atoms with Crippen LogP contribution >= 0.6 is 34.5 Å². The maximum Gasteiger partial charge on any atom is 0.264 e. The van der Waals surface area contributed by atoms with Gasteiger partial charge in [0.2, 0.25) is 0 Å². The summed E-state index contributed by atoms with van der Waals surface area (Å²) in [5, 5.41) is 2.95. The average molecular weight is 481 g/mol. The van der Waals surface area contributed by atoms with Crippen LogP contribution in [0.1, 0.15) is 27.2 Å². The topological polar surface area (TPSA) is 66.5 Å². The summed E-state index contributed by atoms with van der Waals surface area (Å²) < 4.78 is 28.8. The summed E-state index contributed by atoms with van der Waals surface area (Å²) in [6.07, 6.45) is 1.57. The highest BCUT2D eigenvalue weighted by Crippen LogP contribution is 2.33. The third-order valence-electron chi connectivity index (χ3n) is 4.89. The molecule has 0 aliphatic carbocycles. The van der Waals surface area contributed by atoms with Crippen LogP contribution in [0.2, 0.25) is 9.36 Å². The van der Waals surface area contributed by atoms with Gasteiger partial charge in [0.1, 0.15) is 0 Å². The fraction of sp³-hybridized carbons (Fsp3) is 0.190. The number of hydrogen-bond acceptors (Lipinski definition) is 4. The molecule has 4 rings (SSSR count). The van der Waals surface area contributed by atoms with E-state index in [0.717, 1.165) is 23.3 Å².